The van der Waals surface area contributed by atoms with Gasteiger partial charge < -0.3 is 15.2 Å². The van der Waals surface area contributed by atoms with E-state index in [0.29, 0.717) is 6.54 Å². The van der Waals surface area contributed by atoms with Gasteiger partial charge in [-0.3, -0.25) is 0 Å². The highest BCUT2D eigenvalue weighted by Crippen LogP contribution is 2.23. The Kier molecular flexibility index (Phi) is 6.75. The topological polar surface area (TPSA) is 44.5 Å². The van der Waals surface area contributed by atoms with Gasteiger partial charge in [0.25, 0.3) is 0 Å². The van der Waals surface area contributed by atoms with Crippen molar-refractivity contribution in [1.82, 2.24) is 0 Å². The molecule has 1 aromatic carbocycles. The van der Waals surface area contributed by atoms with Crippen molar-refractivity contribution >= 4 is 0 Å². The highest BCUT2D eigenvalue weighted by atomic mass is 16.5. The molecule has 0 heterocycles. The van der Waals surface area contributed by atoms with E-state index >= 15 is 0 Å². The van der Waals surface area contributed by atoms with Crippen molar-refractivity contribution in [3.05, 3.63) is 23.8 Å². The van der Waals surface area contributed by atoms with Crippen LogP contribution in [-0.2, 0) is 0 Å². The van der Waals surface area contributed by atoms with Crippen molar-refractivity contribution in [2.75, 3.05) is 20.3 Å². The van der Waals surface area contributed by atoms with Crippen LogP contribution in [0.3, 0.4) is 0 Å². The molecule has 0 aliphatic heterocycles. The van der Waals surface area contributed by atoms with Gasteiger partial charge in [0.05, 0.1) is 25.8 Å². The van der Waals surface area contributed by atoms with Crippen LogP contribution >= 0.6 is 0 Å². The predicted molar refractivity (Wildman–Crippen MR) is 73.9 cm³/mol. The maximum Gasteiger partial charge on any atom is 0.135 e. The molecule has 2 N–H and O–H groups in total. The van der Waals surface area contributed by atoms with Crippen molar-refractivity contribution in [3.63, 3.8) is 0 Å². The number of rotatable bonds is 6. The SMILES string of the molecule is CCCCCOc1ccc(OC)cc1C#CCN. The zero-order chi connectivity index (χ0) is 13.2. The summed E-state index contributed by atoms with van der Waals surface area (Å²) < 4.78 is 10.9. The van der Waals surface area contributed by atoms with Crippen molar-refractivity contribution in [3.8, 4) is 23.3 Å². The molecule has 0 atom stereocenters. The van der Waals surface area contributed by atoms with Crippen LogP contribution in [0.4, 0.5) is 0 Å². The Morgan fingerprint density at radius 3 is 2.78 bits per heavy atom. The fraction of sp³-hybridized carbons (Fsp3) is 0.467. The lowest BCUT2D eigenvalue weighted by Crippen LogP contribution is -2.00. The van der Waals surface area contributed by atoms with Gasteiger partial charge >= 0.3 is 0 Å². The number of hydrogen-bond acceptors (Lipinski definition) is 3. The first-order valence-corrected chi connectivity index (χ1v) is 6.31. The highest BCUT2D eigenvalue weighted by molar-refractivity contribution is 5.50. The maximum atomic E-state index is 5.74. The number of methoxy groups -OCH3 is 1. The van der Waals surface area contributed by atoms with Gasteiger partial charge in [-0.05, 0) is 24.6 Å². The molecule has 3 nitrogen and oxygen atoms in total. The number of hydrogen-bond donors (Lipinski definition) is 1. The Balaban J connectivity index is 2.75. The summed E-state index contributed by atoms with van der Waals surface area (Å²) in [4.78, 5) is 0. The molecule has 0 amide bonds. The van der Waals surface area contributed by atoms with Gasteiger partial charge in [0.2, 0.25) is 0 Å². The molecule has 0 bridgehead atoms. The Labute approximate surface area is 109 Å². The first-order chi connectivity index (χ1) is 8.81. The molecule has 0 aliphatic rings. The minimum absolute atomic E-state index is 0.340. The van der Waals surface area contributed by atoms with Gasteiger partial charge in [0, 0.05) is 0 Å². The van der Waals surface area contributed by atoms with Crippen molar-refractivity contribution < 1.29 is 9.47 Å². The second kappa shape index (κ2) is 8.43. The molecule has 1 aromatic rings. The summed E-state index contributed by atoms with van der Waals surface area (Å²) in [7, 11) is 1.64. The molecule has 18 heavy (non-hydrogen) atoms. The third kappa shape index (κ3) is 4.68. The molecule has 0 saturated carbocycles. The smallest absolute Gasteiger partial charge is 0.135 e. The van der Waals surface area contributed by atoms with E-state index in [0.717, 1.165) is 30.1 Å². The Hall–Kier alpha value is -1.66. The molecule has 98 valence electrons. The van der Waals surface area contributed by atoms with E-state index in [2.05, 4.69) is 18.8 Å². The minimum atomic E-state index is 0.340. The third-order valence-electron chi connectivity index (χ3n) is 2.52. The number of nitrogens with two attached hydrogens (primary N) is 1. The lowest BCUT2D eigenvalue weighted by molar-refractivity contribution is 0.305. The standard InChI is InChI=1S/C15H21NO2/c1-3-4-5-11-18-15-9-8-14(17-2)12-13(15)7-6-10-16/h8-9,12H,3-5,10-11,16H2,1-2H3. The van der Waals surface area contributed by atoms with Crippen LogP contribution in [0.2, 0.25) is 0 Å². The molecular weight excluding hydrogens is 226 g/mol. The Morgan fingerprint density at radius 1 is 1.28 bits per heavy atom. The van der Waals surface area contributed by atoms with Gasteiger partial charge in [-0.15, -0.1) is 0 Å². The monoisotopic (exact) mass is 247 g/mol. The van der Waals surface area contributed by atoms with Crippen LogP contribution in [0.15, 0.2) is 18.2 Å². The van der Waals surface area contributed by atoms with E-state index in [4.69, 9.17) is 15.2 Å². The van der Waals surface area contributed by atoms with E-state index in [1.165, 1.54) is 12.8 Å². The molecule has 0 fully saturated rings. The zero-order valence-corrected chi connectivity index (χ0v) is 11.2. The molecule has 0 aromatic heterocycles. The van der Waals surface area contributed by atoms with Gasteiger partial charge in [-0.2, -0.15) is 0 Å². The number of benzene rings is 1. The lowest BCUT2D eigenvalue weighted by Gasteiger charge is -2.09. The average Bonchev–Trinajstić information content (AvgIpc) is 2.42. The summed E-state index contributed by atoms with van der Waals surface area (Å²) >= 11 is 0. The molecule has 0 unspecified atom stereocenters. The zero-order valence-electron chi connectivity index (χ0n) is 11.2. The largest absolute Gasteiger partial charge is 0.497 e. The van der Waals surface area contributed by atoms with Gasteiger partial charge in [-0.1, -0.05) is 31.6 Å². The van der Waals surface area contributed by atoms with Crippen LogP contribution in [0, 0.1) is 11.8 Å². The fourth-order valence-electron chi connectivity index (χ4n) is 1.54. The molecule has 0 radical (unpaired) electrons. The molecule has 0 aliphatic carbocycles. The third-order valence-corrected chi connectivity index (χ3v) is 2.52. The molecular formula is C15H21NO2. The van der Waals surface area contributed by atoms with Gasteiger partial charge in [0.15, 0.2) is 0 Å². The van der Waals surface area contributed by atoms with Gasteiger partial charge in [-0.25, -0.2) is 0 Å². The summed E-state index contributed by atoms with van der Waals surface area (Å²) in [6.07, 6.45) is 3.43. The van der Waals surface area contributed by atoms with E-state index in [-0.39, 0.29) is 0 Å². The average molecular weight is 247 g/mol. The summed E-state index contributed by atoms with van der Waals surface area (Å²) in [6, 6.07) is 5.64. The van der Waals surface area contributed by atoms with Crippen LogP contribution in [0.25, 0.3) is 0 Å². The Morgan fingerprint density at radius 2 is 2.11 bits per heavy atom. The van der Waals surface area contributed by atoms with Crippen LogP contribution in [0.1, 0.15) is 31.7 Å². The van der Waals surface area contributed by atoms with Gasteiger partial charge in [0.1, 0.15) is 11.5 Å². The van der Waals surface area contributed by atoms with Crippen LogP contribution in [0.5, 0.6) is 11.5 Å². The van der Waals surface area contributed by atoms with Crippen molar-refractivity contribution in [1.29, 1.82) is 0 Å². The van der Waals surface area contributed by atoms with E-state index < -0.39 is 0 Å². The fourth-order valence-corrected chi connectivity index (χ4v) is 1.54. The summed E-state index contributed by atoms with van der Waals surface area (Å²) in [6.45, 7) is 3.23. The summed E-state index contributed by atoms with van der Waals surface area (Å²) in [5, 5.41) is 0. The second-order valence-corrected chi connectivity index (χ2v) is 3.92. The Bertz CT molecular complexity index is 418. The van der Waals surface area contributed by atoms with E-state index in [1.54, 1.807) is 7.11 Å². The summed E-state index contributed by atoms with van der Waals surface area (Å²) in [5.74, 6) is 7.42. The van der Waals surface area contributed by atoms with Crippen LogP contribution < -0.4 is 15.2 Å². The molecule has 0 spiro atoms. The molecule has 3 heteroatoms. The number of ether oxygens (including phenoxy) is 2. The first-order valence-electron chi connectivity index (χ1n) is 6.31. The maximum absolute atomic E-state index is 5.74. The molecule has 1 rings (SSSR count). The van der Waals surface area contributed by atoms with E-state index in [1.807, 2.05) is 18.2 Å². The molecule has 0 saturated heterocycles. The van der Waals surface area contributed by atoms with Crippen molar-refractivity contribution in [2.45, 2.75) is 26.2 Å². The van der Waals surface area contributed by atoms with Crippen LogP contribution in [-0.4, -0.2) is 20.3 Å². The normalized spacial score (nSPS) is 9.50. The first kappa shape index (κ1) is 14.4. The number of unbranched alkanes of at least 4 members (excludes halogenated alkanes) is 2. The summed E-state index contributed by atoms with van der Waals surface area (Å²) in [5.41, 5.74) is 6.22. The minimum Gasteiger partial charge on any atom is -0.497 e. The second-order valence-electron chi connectivity index (χ2n) is 3.92. The van der Waals surface area contributed by atoms with E-state index in [9.17, 15) is 0 Å². The van der Waals surface area contributed by atoms with Crippen molar-refractivity contribution in [2.24, 2.45) is 5.73 Å². The lowest BCUT2D eigenvalue weighted by atomic mass is 10.2. The quantitative estimate of drug-likeness (QED) is 0.620. The predicted octanol–water partition coefficient (Wildman–Crippen LogP) is 2.57. The highest BCUT2D eigenvalue weighted by Gasteiger charge is 2.03.